The Bertz CT molecular complexity index is 1940. The lowest BCUT2D eigenvalue weighted by atomic mass is 9.37. The minimum absolute atomic E-state index is 0.0760. The summed E-state index contributed by atoms with van der Waals surface area (Å²) in [5.74, 6) is 4.74. The molecule has 0 saturated heterocycles. The van der Waals surface area contributed by atoms with Gasteiger partial charge in [0.05, 0.1) is 6.26 Å². The first kappa shape index (κ1) is 28.2. The number of fused-ring (bicyclic) bond motifs is 3. The van der Waals surface area contributed by atoms with Crippen LogP contribution in [0.2, 0.25) is 0 Å². The minimum Gasteiger partial charge on any atom is -0.466 e. The van der Waals surface area contributed by atoms with Crippen molar-refractivity contribution in [2.24, 2.45) is 0 Å². The quantitative estimate of drug-likeness (QED) is 0.160. The fraction of sp³-hybridized carbons (Fsp3) is 0.0476. The fourth-order valence-corrected chi connectivity index (χ4v) is 6.17. The number of allylic oxidation sites excluding steroid dienone is 10. The van der Waals surface area contributed by atoms with E-state index in [1.54, 1.807) is 0 Å². The van der Waals surface area contributed by atoms with Crippen molar-refractivity contribution in [3.63, 3.8) is 0 Å². The molecular formula is C42H33BO2. The third-order valence-corrected chi connectivity index (χ3v) is 8.38. The lowest BCUT2D eigenvalue weighted by Gasteiger charge is -2.33. The summed E-state index contributed by atoms with van der Waals surface area (Å²) in [7, 11) is 0. The van der Waals surface area contributed by atoms with Gasteiger partial charge in [-0.2, -0.15) is 0 Å². The molecule has 2 heterocycles. The number of benzene rings is 4. The molecule has 45 heavy (non-hydrogen) atoms. The van der Waals surface area contributed by atoms with Crippen LogP contribution in [0.5, 0.6) is 5.75 Å². The van der Waals surface area contributed by atoms with Crippen molar-refractivity contribution in [1.82, 2.24) is 0 Å². The maximum atomic E-state index is 7.07. The second kappa shape index (κ2) is 13.0. The third kappa shape index (κ3) is 5.85. The molecule has 4 aromatic carbocycles. The number of ether oxygens (including phenoxy) is 2. The van der Waals surface area contributed by atoms with E-state index in [1.807, 2.05) is 48.7 Å². The van der Waals surface area contributed by atoms with Gasteiger partial charge in [-0.15, -0.1) is 0 Å². The fourth-order valence-electron chi connectivity index (χ4n) is 6.17. The normalized spacial score (nSPS) is 16.8. The largest absolute Gasteiger partial charge is 0.466 e. The molecule has 0 unspecified atom stereocenters. The van der Waals surface area contributed by atoms with Crippen molar-refractivity contribution in [2.45, 2.75) is 12.8 Å². The molecule has 3 aliphatic rings. The zero-order valence-corrected chi connectivity index (χ0v) is 25.1. The third-order valence-electron chi connectivity index (χ3n) is 8.38. The molecule has 0 bridgehead atoms. The number of hydrogen-bond acceptors (Lipinski definition) is 2. The summed E-state index contributed by atoms with van der Waals surface area (Å²) < 4.78 is 13.6. The van der Waals surface area contributed by atoms with Crippen molar-refractivity contribution < 1.29 is 9.47 Å². The molecule has 0 amide bonds. The Morgan fingerprint density at radius 2 is 1.53 bits per heavy atom. The molecule has 2 nitrogen and oxygen atoms in total. The average Bonchev–Trinajstić information content (AvgIpc) is 3.12. The van der Waals surface area contributed by atoms with Gasteiger partial charge in [-0.05, 0) is 40.6 Å². The van der Waals surface area contributed by atoms with E-state index in [0.717, 1.165) is 74.4 Å². The Kier molecular flexibility index (Phi) is 8.16. The molecule has 0 atom stereocenters. The Hall–Kier alpha value is -5.54. The summed E-state index contributed by atoms with van der Waals surface area (Å²) in [6.45, 7) is 3.92. The second-order valence-electron chi connectivity index (χ2n) is 11.2. The maximum Gasteiger partial charge on any atom is 0.251 e. The number of hydrogen-bond donors (Lipinski definition) is 0. The zero-order chi connectivity index (χ0) is 30.4. The standard InChI is InChI=1S/C42H33BO2/c1-2-16-35(32-19-9-4-10-20-32)40-29-43-38-26-15-25-36(33-21-11-5-12-22-33)41(38)45-42(39(43)30-44-40)37(34-23-13-6-14-24-34)28-27-31-17-7-3-8-18-31/h2-11,13-21,23-30H,1,12,22H2/b28-27+,35-16-,42-37-. The molecule has 0 spiro atoms. The molecule has 7 rings (SSSR count). The highest BCUT2D eigenvalue weighted by molar-refractivity contribution is 6.86. The van der Waals surface area contributed by atoms with E-state index in [2.05, 4.69) is 122 Å². The first-order valence-corrected chi connectivity index (χ1v) is 15.5. The van der Waals surface area contributed by atoms with E-state index >= 15 is 0 Å². The molecule has 0 radical (unpaired) electrons. The molecular weight excluding hydrogens is 547 g/mol. The lowest BCUT2D eigenvalue weighted by molar-refractivity contribution is 0.361. The molecule has 1 aliphatic carbocycles. The molecule has 2 aliphatic heterocycles. The van der Waals surface area contributed by atoms with Gasteiger partial charge in [0.2, 0.25) is 0 Å². The minimum atomic E-state index is -0.0760. The van der Waals surface area contributed by atoms with Crippen LogP contribution < -0.4 is 10.2 Å². The van der Waals surface area contributed by atoms with Gasteiger partial charge in [0.25, 0.3) is 6.71 Å². The van der Waals surface area contributed by atoms with E-state index in [4.69, 9.17) is 9.47 Å². The number of rotatable bonds is 7. The van der Waals surface area contributed by atoms with Crippen LogP contribution in [0.15, 0.2) is 181 Å². The van der Waals surface area contributed by atoms with Crippen LogP contribution in [0.25, 0.3) is 22.8 Å². The Morgan fingerprint density at radius 3 is 2.24 bits per heavy atom. The van der Waals surface area contributed by atoms with Crippen LogP contribution in [0, 0.1) is 0 Å². The average molecular weight is 581 g/mol. The number of para-hydroxylation sites is 1. The van der Waals surface area contributed by atoms with Gasteiger partial charge >= 0.3 is 0 Å². The van der Waals surface area contributed by atoms with Crippen LogP contribution in [-0.4, -0.2) is 6.71 Å². The van der Waals surface area contributed by atoms with Crippen LogP contribution in [0.3, 0.4) is 0 Å². The highest BCUT2D eigenvalue weighted by atomic mass is 16.5. The van der Waals surface area contributed by atoms with Crippen molar-refractivity contribution in [2.75, 3.05) is 0 Å². The van der Waals surface area contributed by atoms with E-state index < -0.39 is 0 Å². The molecule has 0 fully saturated rings. The van der Waals surface area contributed by atoms with Crippen LogP contribution in [0.4, 0.5) is 0 Å². The zero-order valence-electron chi connectivity index (χ0n) is 25.1. The summed E-state index contributed by atoms with van der Waals surface area (Å²) >= 11 is 0. The molecule has 0 aromatic heterocycles. The summed E-state index contributed by atoms with van der Waals surface area (Å²) in [5, 5.41) is 0. The summed E-state index contributed by atoms with van der Waals surface area (Å²) in [6.07, 6.45) is 18.6. The van der Waals surface area contributed by atoms with Gasteiger partial charge in [0, 0.05) is 22.2 Å². The molecule has 0 saturated carbocycles. The predicted molar refractivity (Wildman–Crippen MR) is 190 cm³/mol. The highest BCUT2D eigenvalue weighted by Gasteiger charge is 2.38. The second-order valence-corrected chi connectivity index (χ2v) is 11.2. The van der Waals surface area contributed by atoms with Crippen LogP contribution >= 0.6 is 0 Å². The lowest BCUT2D eigenvalue weighted by Crippen LogP contribution is -2.41. The first-order valence-electron chi connectivity index (χ1n) is 15.5. The van der Waals surface area contributed by atoms with E-state index in [0.29, 0.717) is 0 Å². The maximum absolute atomic E-state index is 7.07. The van der Waals surface area contributed by atoms with Crippen molar-refractivity contribution >= 4 is 35.0 Å². The summed E-state index contributed by atoms with van der Waals surface area (Å²) in [4.78, 5) is 0. The Balaban J connectivity index is 1.45. The topological polar surface area (TPSA) is 18.5 Å². The Morgan fingerprint density at radius 1 is 0.800 bits per heavy atom. The van der Waals surface area contributed by atoms with Crippen LogP contribution in [-0.2, 0) is 4.74 Å². The van der Waals surface area contributed by atoms with Crippen molar-refractivity contribution in [1.29, 1.82) is 0 Å². The smallest absolute Gasteiger partial charge is 0.251 e. The first-order chi connectivity index (χ1) is 22.3. The van der Waals surface area contributed by atoms with Crippen molar-refractivity contribution in [3.05, 3.63) is 204 Å². The van der Waals surface area contributed by atoms with Gasteiger partial charge in [0.1, 0.15) is 17.3 Å². The molecule has 4 aromatic rings. The summed E-state index contributed by atoms with van der Waals surface area (Å²) in [5.41, 5.74) is 9.81. The van der Waals surface area contributed by atoms with E-state index in [-0.39, 0.29) is 6.71 Å². The van der Waals surface area contributed by atoms with Gasteiger partial charge in [-0.1, -0.05) is 164 Å². The Labute approximate surface area is 266 Å². The predicted octanol–water partition coefficient (Wildman–Crippen LogP) is 9.78. The molecule has 216 valence electrons. The molecule has 3 heteroatoms. The monoisotopic (exact) mass is 580 g/mol. The van der Waals surface area contributed by atoms with E-state index in [9.17, 15) is 0 Å². The molecule has 0 N–H and O–H groups in total. The van der Waals surface area contributed by atoms with E-state index in [1.165, 1.54) is 5.57 Å². The van der Waals surface area contributed by atoms with Gasteiger partial charge in [0.15, 0.2) is 0 Å². The van der Waals surface area contributed by atoms with Crippen LogP contribution in [0.1, 0.15) is 35.1 Å². The van der Waals surface area contributed by atoms with Gasteiger partial charge < -0.3 is 9.47 Å². The SMILES string of the molecule is C=C/C=C(\C1=CB2C(=CO1)/C(=C(\C=C\c1ccccc1)c1ccccc1)Oc1c2cccc1C1=CC=CCC1)c1ccccc1. The van der Waals surface area contributed by atoms with Gasteiger partial charge in [-0.3, -0.25) is 0 Å². The summed E-state index contributed by atoms with van der Waals surface area (Å²) in [6, 6.07) is 37.7. The highest BCUT2D eigenvalue weighted by Crippen LogP contribution is 2.41. The van der Waals surface area contributed by atoms with Crippen molar-refractivity contribution in [3.8, 4) is 5.75 Å². The van der Waals surface area contributed by atoms with Gasteiger partial charge in [-0.25, -0.2) is 0 Å².